The molecule has 0 spiro atoms. The van der Waals surface area contributed by atoms with Gasteiger partial charge < -0.3 is 24.1 Å². The van der Waals surface area contributed by atoms with E-state index in [2.05, 4.69) is 6.08 Å². The molecule has 0 unspecified atom stereocenters. The van der Waals surface area contributed by atoms with E-state index in [1.54, 1.807) is 33.5 Å². The fourth-order valence-corrected chi connectivity index (χ4v) is 3.10. The van der Waals surface area contributed by atoms with Crippen molar-refractivity contribution in [1.29, 1.82) is 0 Å². The van der Waals surface area contributed by atoms with E-state index in [1.807, 2.05) is 12.1 Å². The molecule has 126 valence electrons. The average molecular weight is 328 g/mol. The minimum absolute atomic E-state index is 0.108. The smallest absolute Gasteiger partial charge is 0.203 e. The molecule has 0 saturated carbocycles. The van der Waals surface area contributed by atoms with Gasteiger partial charge in [0.05, 0.1) is 28.4 Å². The fraction of sp³-hybridized carbons (Fsp3) is 0.263. The summed E-state index contributed by atoms with van der Waals surface area (Å²) in [5.41, 5.74) is 3.97. The number of phenols is 1. The number of fused-ring (bicyclic) bond motifs is 1. The molecule has 24 heavy (non-hydrogen) atoms. The summed E-state index contributed by atoms with van der Waals surface area (Å²) in [6, 6.07) is 7.31. The van der Waals surface area contributed by atoms with E-state index < -0.39 is 0 Å². The van der Waals surface area contributed by atoms with Crippen LogP contribution in [0.1, 0.15) is 16.7 Å². The lowest BCUT2D eigenvalue weighted by Gasteiger charge is -2.17. The first-order valence-electron chi connectivity index (χ1n) is 7.54. The van der Waals surface area contributed by atoms with Crippen molar-refractivity contribution in [3.8, 4) is 28.7 Å². The van der Waals surface area contributed by atoms with Crippen molar-refractivity contribution in [3.05, 3.63) is 47.0 Å². The van der Waals surface area contributed by atoms with Crippen LogP contribution < -0.4 is 18.9 Å². The van der Waals surface area contributed by atoms with Crippen LogP contribution in [0.3, 0.4) is 0 Å². The fourth-order valence-electron chi connectivity index (χ4n) is 3.10. The molecule has 0 bridgehead atoms. The van der Waals surface area contributed by atoms with Crippen LogP contribution in [0, 0.1) is 0 Å². The van der Waals surface area contributed by atoms with Gasteiger partial charge >= 0.3 is 0 Å². The third kappa shape index (κ3) is 2.42. The molecule has 0 amide bonds. The Morgan fingerprint density at radius 2 is 1.54 bits per heavy atom. The minimum Gasteiger partial charge on any atom is -0.504 e. The van der Waals surface area contributed by atoms with Crippen molar-refractivity contribution in [1.82, 2.24) is 0 Å². The van der Waals surface area contributed by atoms with E-state index in [-0.39, 0.29) is 5.75 Å². The molecule has 0 radical (unpaired) electrons. The Kier molecular flexibility index (Phi) is 4.25. The second-order valence-electron chi connectivity index (χ2n) is 5.38. The number of ether oxygens (including phenoxy) is 4. The summed E-state index contributed by atoms with van der Waals surface area (Å²) in [7, 11) is 6.34. The van der Waals surface area contributed by atoms with Crippen LogP contribution in [-0.2, 0) is 6.42 Å². The van der Waals surface area contributed by atoms with Crippen LogP contribution in [0.5, 0.6) is 28.7 Å². The molecule has 1 aliphatic rings. The highest BCUT2D eigenvalue weighted by Gasteiger charge is 2.26. The van der Waals surface area contributed by atoms with Gasteiger partial charge in [-0.15, -0.1) is 0 Å². The maximum Gasteiger partial charge on any atom is 0.203 e. The second-order valence-corrected chi connectivity index (χ2v) is 5.38. The lowest BCUT2D eigenvalue weighted by molar-refractivity contribution is 0.322. The highest BCUT2D eigenvalue weighted by atomic mass is 16.5. The van der Waals surface area contributed by atoms with Crippen molar-refractivity contribution >= 4 is 5.57 Å². The molecular weight excluding hydrogens is 308 g/mol. The topological polar surface area (TPSA) is 57.2 Å². The average Bonchev–Trinajstić information content (AvgIpc) is 3.03. The Balaban J connectivity index is 2.13. The molecule has 1 N–H and O–H groups in total. The predicted molar refractivity (Wildman–Crippen MR) is 91.5 cm³/mol. The SMILES string of the molecule is COc1ccc(C2=CCc3c2cc(OC)c(OC)c3OC)cc1O. The van der Waals surface area contributed by atoms with Crippen LogP contribution in [-0.4, -0.2) is 33.5 Å². The molecule has 3 rings (SSSR count). The first kappa shape index (κ1) is 16.1. The third-order valence-corrected chi connectivity index (χ3v) is 4.22. The summed E-state index contributed by atoms with van der Waals surface area (Å²) >= 11 is 0. The summed E-state index contributed by atoms with van der Waals surface area (Å²) < 4.78 is 21.6. The van der Waals surface area contributed by atoms with E-state index >= 15 is 0 Å². The molecule has 2 aromatic carbocycles. The third-order valence-electron chi connectivity index (χ3n) is 4.22. The summed E-state index contributed by atoms with van der Waals surface area (Å²) in [6.45, 7) is 0. The number of phenolic OH excluding ortho intramolecular Hbond substituents is 1. The minimum atomic E-state index is 0.108. The summed E-state index contributed by atoms with van der Waals surface area (Å²) in [6.07, 6.45) is 2.83. The van der Waals surface area contributed by atoms with Crippen molar-refractivity contribution in [3.63, 3.8) is 0 Å². The zero-order chi connectivity index (χ0) is 17.3. The largest absolute Gasteiger partial charge is 0.504 e. The standard InChI is InChI=1S/C19H20O5/c1-21-16-8-5-11(9-15(16)20)12-6-7-13-14(12)10-17(22-2)19(24-4)18(13)23-3/h5-6,8-10,20H,7H2,1-4H3. The van der Waals surface area contributed by atoms with Gasteiger partial charge in [0.1, 0.15) is 0 Å². The Bertz CT molecular complexity index is 808. The quantitative estimate of drug-likeness (QED) is 0.911. The Morgan fingerprint density at radius 3 is 2.12 bits per heavy atom. The van der Waals surface area contributed by atoms with Crippen LogP contribution in [0.2, 0.25) is 0 Å². The zero-order valence-electron chi connectivity index (χ0n) is 14.2. The highest BCUT2D eigenvalue weighted by molar-refractivity contribution is 5.88. The van der Waals surface area contributed by atoms with Crippen LogP contribution in [0.4, 0.5) is 0 Å². The highest BCUT2D eigenvalue weighted by Crippen LogP contribution is 2.48. The summed E-state index contributed by atoms with van der Waals surface area (Å²) in [5, 5.41) is 10.1. The van der Waals surface area contributed by atoms with Gasteiger partial charge in [0.2, 0.25) is 5.75 Å². The maximum absolute atomic E-state index is 10.1. The van der Waals surface area contributed by atoms with E-state index in [0.717, 1.165) is 28.7 Å². The first-order chi connectivity index (χ1) is 11.6. The van der Waals surface area contributed by atoms with Gasteiger partial charge in [0.15, 0.2) is 23.0 Å². The molecule has 5 nitrogen and oxygen atoms in total. The monoisotopic (exact) mass is 328 g/mol. The Hall–Kier alpha value is -2.82. The van der Waals surface area contributed by atoms with E-state index in [9.17, 15) is 5.11 Å². The van der Waals surface area contributed by atoms with Crippen LogP contribution >= 0.6 is 0 Å². The summed E-state index contributed by atoms with van der Waals surface area (Å²) in [5.74, 6) is 2.43. The van der Waals surface area contributed by atoms with Crippen molar-refractivity contribution in [2.45, 2.75) is 6.42 Å². The zero-order valence-corrected chi connectivity index (χ0v) is 14.2. The number of methoxy groups -OCH3 is 4. The lowest BCUT2D eigenvalue weighted by Crippen LogP contribution is -2.00. The number of benzene rings is 2. The van der Waals surface area contributed by atoms with E-state index in [0.29, 0.717) is 23.0 Å². The second kappa shape index (κ2) is 6.35. The van der Waals surface area contributed by atoms with Crippen molar-refractivity contribution in [2.75, 3.05) is 28.4 Å². The molecule has 0 fully saturated rings. The molecule has 0 aromatic heterocycles. The van der Waals surface area contributed by atoms with Gasteiger partial charge in [-0.2, -0.15) is 0 Å². The van der Waals surface area contributed by atoms with E-state index in [4.69, 9.17) is 18.9 Å². The predicted octanol–water partition coefficient (Wildman–Crippen LogP) is 3.41. The number of allylic oxidation sites excluding steroid dienone is 1. The van der Waals surface area contributed by atoms with Crippen molar-refractivity contribution < 1.29 is 24.1 Å². The van der Waals surface area contributed by atoms with Gasteiger partial charge in [0, 0.05) is 5.56 Å². The van der Waals surface area contributed by atoms with Crippen molar-refractivity contribution in [2.24, 2.45) is 0 Å². The molecule has 0 saturated heterocycles. The number of hydrogen-bond donors (Lipinski definition) is 1. The number of rotatable bonds is 5. The molecule has 1 aliphatic carbocycles. The Labute approximate surface area is 141 Å². The number of aromatic hydroxyl groups is 1. The van der Waals surface area contributed by atoms with Gasteiger partial charge in [0.25, 0.3) is 0 Å². The summed E-state index contributed by atoms with van der Waals surface area (Å²) in [4.78, 5) is 0. The maximum atomic E-state index is 10.1. The molecule has 0 aliphatic heterocycles. The Morgan fingerprint density at radius 1 is 0.833 bits per heavy atom. The van der Waals surface area contributed by atoms with E-state index in [1.165, 1.54) is 7.11 Å². The van der Waals surface area contributed by atoms with Gasteiger partial charge in [-0.1, -0.05) is 12.1 Å². The lowest BCUT2D eigenvalue weighted by atomic mass is 9.97. The molecular formula is C19H20O5. The normalized spacial score (nSPS) is 12.4. The molecule has 0 atom stereocenters. The molecule has 2 aromatic rings. The van der Waals surface area contributed by atoms with Crippen LogP contribution in [0.25, 0.3) is 5.57 Å². The van der Waals surface area contributed by atoms with Gasteiger partial charge in [-0.05, 0) is 41.3 Å². The van der Waals surface area contributed by atoms with Crippen LogP contribution in [0.15, 0.2) is 30.3 Å². The molecule has 5 heteroatoms. The molecule has 0 heterocycles. The van der Waals surface area contributed by atoms with Gasteiger partial charge in [-0.3, -0.25) is 0 Å². The first-order valence-corrected chi connectivity index (χ1v) is 7.54. The van der Waals surface area contributed by atoms with Gasteiger partial charge in [-0.25, -0.2) is 0 Å². The number of hydrogen-bond acceptors (Lipinski definition) is 5.